The summed E-state index contributed by atoms with van der Waals surface area (Å²) in [5.41, 5.74) is 2.75. The van der Waals surface area contributed by atoms with Crippen molar-refractivity contribution in [3.05, 3.63) is 71.1 Å². The zero-order valence-electron chi connectivity index (χ0n) is 14.3. The fraction of sp³-hybridized carbons (Fsp3) is 0.105. The lowest BCUT2D eigenvalue weighted by molar-refractivity contribution is 0.102. The van der Waals surface area contributed by atoms with Crippen molar-refractivity contribution in [3.63, 3.8) is 0 Å². The van der Waals surface area contributed by atoms with Crippen molar-refractivity contribution >= 4 is 34.7 Å². The van der Waals surface area contributed by atoms with Gasteiger partial charge in [0.1, 0.15) is 17.9 Å². The van der Waals surface area contributed by atoms with Gasteiger partial charge in [-0.05, 0) is 49.4 Å². The number of anilines is 3. The van der Waals surface area contributed by atoms with Crippen molar-refractivity contribution in [2.75, 3.05) is 17.7 Å². The van der Waals surface area contributed by atoms with Crippen LogP contribution in [0.25, 0.3) is 0 Å². The van der Waals surface area contributed by atoms with Crippen molar-refractivity contribution in [3.8, 4) is 5.75 Å². The summed E-state index contributed by atoms with van der Waals surface area (Å²) in [6.07, 6.45) is 1.50. The highest BCUT2D eigenvalue weighted by Gasteiger charge is 2.13. The Kier molecular flexibility index (Phi) is 5.34. The second-order valence-corrected chi connectivity index (χ2v) is 5.98. The first kappa shape index (κ1) is 17.7. The Balaban J connectivity index is 1.71. The molecule has 0 atom stereocenters. The lowest BCUT2D eigenvalue weighted by atomic mass is 10.1. The predicted octanol–water partition coefficient (Wildman–Crippen LogP) is 4.44. The number of carbonyl (C=O) groups excluding carboxylic acids is 1. The molecule has 0 unspecified atom stereocenters. The first-order chi connectivity index (χ1) is 12.5. The third kappa shape index (κ3) is 4.29. The third-order valence-corrected chi connectivity index (χ3v) is 3.86. The van der Waals surface area contributed by atoms with E-state index in [0.717, 1.165) is 11.4 Å². The molecular formula is C19H17ClN4O2. The van der Waals surface area contributed by atoms with Gasteiger partial charge in [0.25, 0.3) is 5.91 Å². The summed E-state index contributed by atoms with van der Waals surface area (Å²) in [6, 6.07) is 14.0. The van der Waals surface area contributed by atoms with Crippen LogP contribution < -0.4 is 15.4 Å². The lowest BCUT2D eigenvalue weighted by Crippen LogP contribution is -2.13. The van der Waals surface area contributed by atoms with E-state index >= 15 is 0 Å². The molecule has 3 rings (SSSR count). The average Bonchev–Trinajstić information content (AvgIpc) is 2.63. The number of amides is 1. The zero-order chi connectivity index (χ0) is 18.5. The highest BCUT2D eigenvalue weighted by Crippen LogP contribution is 2.24. The smallest absolute Gasteiger partial charge is 0.259 e. The molecule has 26 heavy (non-hydrogen) atoms. The van der Waals surface area contributed by atoms with Crippen LogP contribution in [0.5, 0.6) is 5.75 Å². The number of nitrogens with one attached hydrogen (secondary N) is 2. The van der Waals surface area contributed by atoms with E-state index in [-0.39, 0.29) is 5.91 Å². The number of methoxy groups -OCH3 is 1. The van der Waals surface area contributed by atoms with Crippen molar-refractivity contribution in [1.82, 2.24) is 9.97 Å². The molecular weight excluding hydrogens is 352 g/mol. The quantitative estimate of drug-likeness (QED) is 0.696. The van der Waals surface area contributed by atoms with E-state index in [0.29, 0.717) is 27.8 Å². The van der Waals surface area contributed by atoms with Gasteiger partial charge in [0.05, 0.1) is 12.7 Å². The Bertz CT molecular complexity index is 929. The van der Waals surface area contributed by atoms with E-state index in [2.05, 4.69) is 20.6 Å². The van der Waals surface area contributed by atoms with E-state index in [4.69, 9.17) is 16.3 Å². The maximum Gasteiger partial charge on any atom is 0.259 e. The number of aryl methyl sites for hydroxylation is 1. The van der Waals surface area contributed by atoms with Crippen molar-refractivity contribution in [1.29, 1.82) is 0 Å². The first-order valence-electron chi connectivity index (χ1n) is 7.86. The molecule has 7 heteroatoms. The molecule has 3 aromatic rings. The van der Waals surface area contributed by atoms with Crippen LogP contribution in [0, 0.1) is 6.92 Å². The van der Waals surface area contributed by atoms with Crippen LogP contribution in [0.15, 0.2) is 54.9 Å². The number of rotatable bonds is 5. The summed E-state index contributed by atoms with van der Waals surface area (Å²) in [5, 5.41) is 6.48. The monoisotopic (exact) mass is 368 g/mol. The van der Waals surface area contributed by atoms with Gasteiger partial charge in [-0.15, -0.1) is 0 Å². The van der Waals surface area contributed by atoms with Gasteiger partial charge in [-0.3, -0.25) is 4.79 Å². The first-order valence-corrected chi connectivity index (χ1v) is 8.23. The molecule has 0 spiro atoms. The maximum absolute atomic E-state index is 12.5. The van der Waals surface area contributed by atoms with Crippen molar-refractivity contribution < 1.29 is 9.53 Å². The van der Waals surface area contributed by atoms with Gasteiger partial charge in [-0.2, -0.15) is 0 Å². The second-order valence-electron chi connectivity index (χ2n) is 5.55. The van der Waals surface area contributed by atoms with E-state index < -0.39 is 0 Å². The largest absolute Gasteiger partial charge is 0.496 e. The van der Waals surface area contributed by atoms with E-state index in [1.165, 1.54) is 13.4 Å². The molecule has 0 bridgehead atoms. The summed E-state index contributed by atoms with van der Waals surface area (Å²) < 4.78 is 5.21. The van der Waals surface area contributed by atoms with Crippen LogP contribution in [0.3, 0.4) is 0 Å². The van der Waals surface area contributed by atoms with Gasteiger partial charge in [0, 0.05) is 28.2 Å². The number of ether oxygens (including phenoxy) is 1. The zero-order valence-corrected chi connectivity index (χ0v) is 15.0. The number of halogens is 1. The Morgan fingerprint density at radius 2 is 1.77 bits per heavy atom. The summed E-state index contributed by atoms with van der Waals surface area (Å²) in [6.45, 7) is 1.90. The number of aromatic nitrogens is 2. The highest BCUT2D eigenvalue weighted by molar-refractivity contribution is 6.31. The summed E-state index contributed by atoms with van der Waals surface area (Å²) >= 11 is 5.98. The average molecular weight is 369 g/mol. The van der Waals surface area contributed by atoms with Crippen molar-refractivity contribution in [2.45, 2.75) is 6.92 Å². The molecule has 0 saturated carbocycles. The fourth-order valence-electron chi connectivity index (χ4n) is 2.36. The number of hydrogen-bond donors (Lipinski definition) is 2. The van der Waals surface area contributed by atoms with Gasteiger partial charge >= 0.3 is 0 Å². The number of nitrogens with zero attached hydrogens (tertiary/aromatic N) is 2. The molecule has 0 radical (unpaired) electrons. The predicted molar refractivity (Wildman–Crippen MR) is 102 cm³/mol. The molecule has 132 valence electrons. The third-order valence-electron chi connectivity index (χ3n) is 3.63. The molecule has 1 heterocycles. The summed E-state index contributed by atoms with van der Waals surface area (Å²) in [4.78, 5) is 20.7. The van der Waals surface area contributed by atoms with Gasteiger partial charge in [0.15, 0.2) is 0 Å². The number of carbonyl (C=O) groups is 1. The normalized spacial score (nSPS) is 10.3. The molecule has 1 amide bonds. The van der Waals surface area contributed by atoms with Gasteiger partial charge < -0.3 is 15.4 Å². The minimum Gasteiger partial charge on any atom is -0.496 e. The molecule has 6 nitrogen and oxygen atoms in total. The van der Waals surface area contributed by atoms with Gasteiger partial charge in [-0.1, -0.05) is 11.6 Å². The summed E-state index contributed by atoms with van der Waals surface area (Å²) in [7, 11) is 1.51. The SMILES string of the molecule is COc1ccc(Cl)cc1C(=O)Nc1ccc(Nc2cc(C)ncn2)cc1. The van der Waals surface area contributed by atoms with Crippen LogP contribution in [0.2, 0.25) is 5.02 Å². The topological polar surface area (TPSA) is 76.1 Å². The Morgan fingerprint density at radius 3 is 2.46 bits per heavy atom. The standard InChI is InChI=1S/C19H17ClN4O2/c1-12-9-18(22-11-21-12)23-14-4-6-15(7-5-14)24-19(25)16-10-13(20)3-8-17(16)26-2/h3-11H,1-2H3,(H,24,25)(H,21,22,23). The number of benzene rings is 2. The van der Waals surface area contributed by atoms with E-state index in [9.17, 15) is 4.79 Å². The van der Waals surface area contributed by atoms with Crippen LogP contribution in [0.4, 0.5) is 17.2 Å². The van der Waals surface area contributed by atoms with Crippen LogP contribution in [0.1, 0.15) is 16.1 Å². The molecule has 2 aromatic carbocycles. The Hall–Kier alpha value is -3.12. The molecule has 0 saturated heterocycles. The minimum atomic E-state index is -0.295. The maximum atomic E-state index is 12.5. The Morgan fingerprint density at radius 1 is 1.04 bits per heavy atom. The van der Waals surface area contributed by atoms with Crippen LogP contribution in [-0.4, -0.2) is 23.0 Å². The molecule has 0 fully saturated rings. The van der Waals surface area contributed by atoms with Crippen molar-refractivity contribution in [2.24, 2.45) is 0 Å². The van der Waals surface area contributed by atoms with E-state index in [1.54, 1.807) is 30.3 Å². The summed E-state index contributed by atoms with van der Waals surface area (Å²) in [5.74, 6) is 0.874. The molecule has 2 N–H and O–H groups in total. The minimum absolute atomic E-state index is 0.295. The van der Waals surface area contributed by atoms with Gasteiger partial charge in [-0.25, -0.2) is 9.97 Å². The van der Waals surface area contributed by atoms with Crippen LogP contribution >= 0.6 is 11.6 Å². The lowest BCUT2D eigenvalue weighted by Gasteiger charge is -2.11. The highest BCUT2D eigenvalue weighted by atomic mass is 35.5. The van der Waals surface area contributed by atoms with Gasteiger partial charge in [0.2, 0.25) is 0 Å². The van der Waals surface area contributed by atoms with E-state index in [1.807, 2.05) is 25.1 Å². The molecule has 0 aliphatic carbocycles. The Labute approximate surface area is 156 Å². The number of hydrogen-bond acceptors (Lipinski definition) is 5. The molecule has 0 aliphatic rings. The van der Waals surface area contributed by atoms with Crippen LogP contribution in [-0.2, 0) is 0 Å². The molecule has 1 aromatic heterocycles. The second kappa shape index (κ2) is 7.84. The fourth-order valence-corrected chi connectivity index (χ4v) is 2.54. The molecule has 0 aliphatic heterocycles.